The SMILES string of the molecule is COc1ccc2c(c1)CC[C@@]1(C)C2=CC[C@H]1O. The molecule has 17 heavy (non-hydrogen) atoms. The highest BCUT2D eigenvalue weighted by Gasteiger charge is 2.43. The highest BCUT2D eigenvalue weighted by Crippen LogP contribution is 2.52. The molecular weight excluding hydrogens is 212 g/mol. The average Bonchev–Trinajstić information content (AvgIpc) is 2.65. The minimum atomic E-state index is -0.215. The van der Waals surface area contributed by atoms with E-state index in [1.54, 1.807) is 7.11 Å². The quantitative estimate of drug-likeness (QED) is 0.804. The number of ether oxygens (including phenoxy) is 1. The van der Waals surface area contributed by atoms with E-state index in [0.717, 1.165) is 25.0 Å². The van der Waals surface area contributed by atoms with Crippen LogP contribution in [0.1, 0.15) is 30.9 Å². The number of methoxy groups -OCH3 is 1. The molecule has 0 heterocycles. The topological polar surface area (TPSA) is 29.5 Å². The Morgan fingerprint density at radius 1 is 1.41 bits per heavy atom. The molecule has 1 aromatic rings. The summed E-state index contributed by atoms with van der Waals surface area (Å²) in [5, 5.41) is 10.1. The predicted molar refractivity (Wildman–Crippen MR) is 68.0 cm³/mol. The molecule has 3 rings (SSSR count). The van der Waals surface area contributed by atoms with Crippen molar-refractivity contribution >= 4 is 5.57 Å². The zero-order valence-corrected chi connectivity index (χ0v) is 10.4. The molecule has 2 heteroatoms. The number of aliphatic hydroxyl groups excluding tert-OH is 1. The summed E-state index contributed by atoms with van der Waals surface area (Å²) in [5.41, 5.74) is 3.94. The number of benzene rings is 1. The van der Waals surface area contributed by atoms with Gasteiger partial charge in [0.1, 0.15) is 5.75 Å². The Morgan fingerprint density at radius 2 is 2.24 bits per heavy atom. The smallest absolute Gasteiger partial charge is 0.119 e. The molecule has 2 nitrogen and oxygen atoms in total. The molecule has 0 bridgehead atoms. The fourth-order valence-corrected chi connectivity index (χ4v) is 3.18. The maximum atomic E-state index is 10.1. The molecule has 1 N–H and O–H groups in total. The minimum absolute atomic E-state index is 0.0401. The summed E-state index contributed by atoms with van der Waals surface area (Å²) < 4.78 is 5.27. The second kappa shape index (κ2) is 3.61. The van der Waals surface area contributed by atoms with Crippen LogP contribution < -0.4 is 4.74 Å². The minimum Gasteiger partial charge on any atom is -0.497 e. The van der Waals surface area contributed by atoms with Crippen LogP contribution in [-0.4, -0.2) is 18.3 Å². The van der Waals surface area contributed by atoms with E-state index in [-0.39, 0.29) is 11.5 Å². The van der Waals surface area contributed by atoms with Gasteiger partial charge in [0.25, 0.3) is 0 Å². The molecule has 2 atom stereocenters. The normalized spacial score (nSPS) is 30.5. The van der Waals surface area contributed by atoms with Crippen molar-refractivity contribution in [2.24, 2.45) is 5.41 Å². The average molecular weight is 230 g/mol. The van der Waals surface area contributed by atoms with Gasteiger partial charge in [-0.3, -0.25) is 0 Å². The van der Waals surface area contributed by atoms with Crippen LogP contribution in [0.15, 0.2) is 24.3 Å². The largest absolute Gasteiger partial charge is 0.497 e. The molecule has 0 saturated heterocycles. The fraction of sp³-hybridized carbons (Fsp3) is 0.467. The zero-order valence-electron chi connectivity index (χ0n) is 10.4. The molecule has 0 saturated carbocycles. The Kier molecular flexibility index (Phi) is 2.30. The number of aliphatic hydroxyl groups is 1. The number of hydrogen-bond acceptors (Lipinski definition) is 2. The molecular formula is C15H18O2. The number of hydrogen-bond donors (Lipinski definition) is 1. The Labute approximate surface area is 102 Å². The molecule has 0 radical (unpaired) electrons. The molecule has 0 aromatic heterocycles. The van der Waals surface area contributed by atoms with Gasteiger partial charge in [-0.05, 0) is 48.1 Å². The molecule has 1 aromatic carbocycles. The van der Waals surface area contributed by atoms with E-state index in [1.807, 2.05) is 6.07 Å². The summed E-state index contributed by atoms with van der Waals surface area (Å²) in [6, 6.07) is 6.27. The highest BCUT2D eigenvalue weighted by molar-refractivity contribution is 5.77. The molecule has 2 aliphatic rings. The van der Waals surface area contributed by atoms with Crippen LogP contribution in [0.3, 0.4) is 0 Å². The van der Waals surface area contributed by atoms with Crippen LogP contribution >= 0.6 is 0 Å². The van der Waals surface area contributed by atoms with E-state index in [1.165, 1.54) is 16.7 Å². The Hall–Kier alpha value is -1.28. The molecule has 0 spiro atoms. The summed E-state index contributed by atoms with van der Waals surface area (Å²) in [6.45, 7) is 2.18. The molecule has 0 unspecified atom stereocenters. The third kappa shape index (κ3) is 1.44. The molecule has 0 amide bonds. The van der Waals surface area contributed by atoms with E-state index in [0.29, 0.717) is 0 Å². The van der Waals surface area contributed by atoms with Crippen LogP contribution in [0.2, 0.25) is 0 Å². The first-order valence-electron chi connectivity index (χ1n) is 6.21. The number of fused-ring (bicyclic) bond motifs is 3. The lowest BCUT2D eigenvalue weighted by Crippen LogP contribution is -2.32. The fourth-order valence-electron chi connectivity index (χ4n) is 3.18. The van der Waals surface area contributed by atoms with Crippen molar-refractivity contribution in [2.45, 2.75) is 32.3 Å². The van der Waals surface area contributed by atoms with Crippen LogP contribution in [0, 0.1) is 5.41 Å². The maximum absolute atomic E-state index is 10.1. The van der Waals surface area contributed by atoms with Crippen LogP contribution in [0.25, 0.3) is 5.57 Å². The van der Waals surface area contributed by atoms with E-state index >= 15 is 0 Å². The van der Waals surface area contributed by atoms with Gasteiger partial charge in [0.05, 0.1) is 13.2 Å². The van der Waals surface area contributed by atoms with Crippen molar-refractivity contribution in [2.75, 3.05) is 7.11 Å². The van der Waals surface area contributed by atoms with Crippen LogP contribution in [-0.2, 0) is 6.42 Å². The van der Waals surface area contributed by atoms with Gasteiger partial charge in [0, 0.05) is 5.41 Å². The van der Waals surface area contributed by atoms with E-state index in [2.05, 4.69) is 25.1 Å². The van der Waals surface area contributed by atoms with Gasteiger partial charge in [-0.15, -0.1) is 0 Å². The molecule has 0 fully saturated rings. The van der Waals surface area contributed by atoms with Crippen molar-refractivity contribution in [1.82, 2.24) is 0 Å². The second-order valence-electron chi connectivity index (χ2n) is 5.31. The first-order chi connectivity index (χ1) is 8.15. The van der Waals surface area contributed by atoms with Gasteiger partial charge < -0.3 is 9.84 Å². The van der Waals surface area contributed by atoms with Crippen molar-refractivity contribution in [3.05, 3.63) is 35.4 Å². The Bertz CT molecular complexity index is 490. The van der Waals surface area contributed by atoms with Gasteiger partial charge in [0.15, 0.2) is 0 Å². The lowest BCUT2D eigenvalue weighted by Gasteiger charge is -2.37. The van der Waals surface area contributed by atoms with E-state index in [4.69, 9.17) is 4.74 Å². The number of aryl methyl sites for hydroxylation is 1. The maximum Gasteiger partial charge on any atom is 0.119 e. The van der Waals surface area contributed by atoms with Crippen molar-refractivity contribution in [3.8, 4) is 5.75 Å². The lowest BCUT2D eigenvalue weighted by atomic mass is 9.69. The highest BCUT2D eigenvalue weighted by atomic mass is 16.5. The standard InChI is InChI=1S/C15H18O2/c1-15-8-7-10-9-11(17-2)3-4-12(10)13(15)5-6-14(15)16/h3-5,9,14,16H,6-8H2,1-2H3/t14-,15+/m1/s1. The van der Waals surface area contributed by atoms with Gasteiger partial charge >= 0.3 is 0 Å². The zero-order chi connectivity index (χ0) is 12.0. The third-order valence-corrected chi connectivity index (χ3v) is 4.41. The third-order valence-electron chi connectivity index (χ3n) is 4.41. The van der Waals surface area contributed by atoms with Gasteiger partial charge in [-0.1, -0.05) is 19.1 Å². The molecule has 90 valence electrons. The summed E-state index contributed by atoms with van der Waals surface area (Å²) in [4.78, 5) is 0. The van der Waals surface area contributed by atoms with Crippen molar-refractivity contribution in [3.63, 3.8) is 0 Å². The van der Waals surface area contributed by atoms with Crippen molar-refractivity contribution < 1.29 is 9.84 Å². The Balaban J connectivity index is 2.09. The van der Waals surface area contributed by atoms with Gasteiger partial charge in [0.2, 0.25) is 0 Å². The monoisotopic (exact) mass is 230 g/mol. The van der Waals surface area contributed by atoms with Crippen LogP contribution in [0.4, 0.5) is 0 Å². The first-order valence-corrected chi connectivity index (χ1v) is 6.21. The Morgan fingerprint density at radius 3 is 3.00 bits per heavy atom. The predicted octanol–water partition coefficient (Wildman–Crippen LogP) is 2.80. The van der Waals surface area contributed by atoms with Crippen LogP contribution in [0.5, 0.6) is 5.75 Å². The van der Waals surface area contributed by atoms with Gasteiger partial charge in [-0.2, -0.15) is 0 Å². The lowest BCUT2D eigenvalue weighted by molar-refractivity contribution is 0.0826. The van der Waals surface area contributed by atoms with E-state index in [9.17, 15) is 5.11 Å². The summed E-state index contributed by atoms with van der Waals surface area (Å²) in [5.74, 6) is 0.923. The summed E-state index contributed by atoms with van der Waals surface area (Å²) >= 11 is 0. The number of rotatable bonds is 1. The second-order valence-corrected chi connectivity index (χ2v) is 5.31. The first kappa shape index (κ1) is 10.8. The van der Waals surface area contributed by atoms with Crippen molar-refractivity contribution in [1.29, 1.82) is 0 Å². The summed E-state index contributed by atoms with van der Waals surface area (Å²) in [7, 11) is 1.70. The molecule has 2 aliphatic carbocycles. The van der Waals surface area contributed by atoms with Gasteiger partial charge in [-0.25, -0.2) is 0 Å². The summed E-state index contributed by atoms with van der Waals surface area (Å²) in [6.07, 6.45) is 4.83. The molecule has 0 aliphatic heterocycles. The van der Waals surface area contributed by atoms with E-state index < -0.39 is 0 Å².